The maximum atomic E-state index is 11.3. The number of unbranched alkanes of at least 4 members (excludes halogenated alkanes) is 9. The molecule has 0 saturated heterocycles. The fourth-order valence-electron chi connectivity index (χ4n) is 2.33. The second-order valence-electron chi connectivity index (χ2n) is 5.90. The van der Waals surface area contributed by atoms with E-state index >= 15 is 0 Å². The molecule has 134 valence electrons. The Labute approximate surface area is 133 Å². The van der Waals surface area contributed by atoms with Crippen LogP contribution >= 0.6 is 15.2 Å². The molecule has 0 unspecified atom stereocenters. The molecule has 0 atom stereocenters. The molecule has 0 aliphatic heterocycles. The highest BCUT2D eigenvalue weighted by Crippen LogP contribution is 2.67. The molecule has 0 aromatic heterocycles. The first-order valence-electron chi connectivity index (χ1n) is 7.96. The minimum atomic E-state index is -5.07. The van der Waals surface area contributed by atoms with Crippen molar-refractivity contribution in [2.75, 3.05) is 0 Å². The molecule has 0 spiro atoms. The highest BCUT2D eigenvalue weighted by molar-refractivity contribution is 7.72. The van der Waals surface area contributed by atoms with Crippen molar-refractivity contribution in [3.05, 3.63) is 0 Å². The third kappa shape index (κ3) is 7.69. The maximum Gasteiger partial charge on any atom is 0.357 e. The molecule has 0 aromatic rings. The predicted molar refractivity (Wildman–Crippen MR) is 87.5 cm³/mol. The summed E-state index contributed by atoms with van der Waals surface area (Å²) in [4.78, 5) is 36.4. The summed E-state index contributed by atoms with van der Waals surface area (Å²) in [5.41, 5.74) is 5.33. The van der Waals surface area contributed by atoms with E-state index in [4.69, 9.17) is 25.3 Å². The molecule has 0 saturated carbocycles. The molecule has 0 fully saturated rings. The van der Waals surface area contributed by atoms with Crippen molar-refractivity contribution < 1.29 is 28.7 Å². The van der Waals surface area contributed by atoms with E-state index < -0.39 is 20.2 Å². The summed E-state index contributed by atoms with van der Waals surface area (Å²) in [6.45, 7) is 2.17. The number of hydrogen-bond donors (Lipinski definition) is 5. The van der Waals surface area contributed by atoms with Crippen molar-refractivity contribution in [1.29, 1.82) is 0 Å². The van der Waals surface area contributed by atoms with E-state index in [-0.39, 0.29) is 6.42 Å². The Morgan fingerprint density at radius 3 is 1.36 bits per heavy atom. The third-order valence-electron chi connectivity index (χ3n) is 3.91. The van der Waals surface area contributed by atoms with Crippen LogP contribution in [0.2, 0.25) is 0 Å². The van der Waals surface area contributed by atoms with Gasteiger partial charge in [0.2, 0.25) is 5.02 Å². The quantitative estimate of drug-likeness (QED) is 0.251. The molecule has 0 aliphatic rings. The number of hydrogen-bond acceptors (Lipinski definition) is 3. The van der Waals surface area contributed by atoms with Gasteiger partial charge in [-0.2, -0.15) is 0 Å². The largest absolute Gasteiger partial charge is 0.357 e. The van der Waals surface area contributed by atoms with E-state index in [1.54, 1.807) is 0 Å². The van der Waals surface area contributed by atoms with E-state index in [0.717, 1.165) is 19.3 Å². The van der Waals surface area contributed by atoms with Crippen LogP contribution in [0.5, 0.6) is 0 Å². The Hall–Kier alpha value is 0.260. The van der Waals surface area contributed by atoms with Crippen LogP contribution in [0.3, 0.4) is 0 Å². The van der Waals surface area contributed by atoms with Gasteiger partial charge in [-0.05, 0) is 6.42 Å². The second-order valence-corrected chi connectivity index (χ2v) is 10.0. The Kier molecular flexibility index (Phi) is 10.3. The van der Waals surface area contributed by atoms with Gasteiger partial charge in [-0.15, -0.1) is 0 Å². The van der Waals surface area contributed by atoms with E-state index in [0.29, 0.717) is 12.8 Å². The van der Waals surface area contributed by atoms with E-state index in [1.165, 1.54) is 32.1 Å². The minimum absolute atomic E-state index is 0.294. The van der Waals surface area contributed by atoms with Crippen LogP contribution in [0.25, 0.3) is 0 Å². The van der Waals surface area contributed by atoms with Crippen molar-refractivity contribution in [3.8, 4) is 0 Å². The van der Waals surface area contributed by atoms with Gasteiger partial charge in [0.15, 0.2) is 0 Å². The first kappa shape index (κ1) is 22.3. The first-order chi connectivity index (χ1) is 10.1. The summed E-state index contributed by atoms with van der Waals surface area (Å²) >= 11 is 0. The van der Waals surface area contributed by atoms with Crippen molar-refractivity contribution in [2.24, 2.45) is 5.73 Å². The van der Waals surface area contributed by atoms with Gasteiger partial charge in [0, 0.05) is 0 Å². The van der Waals surface area contributed by atoms with E-state index in [1.807, 2.05) is 0 Å². The third-order valence-corrected chi connectivity index (χ3v) is 7.94. The summed E-state index contributed by atoms with van der Waals surface area (Å²) in [5.74, 6) is 0. The zero-order valence-corrected chi connectivity index (χ0v) is 15.1. The summed E-state index contributed by atoms with van der Waals surface area (Å²) < 4.78 is 22.5. The lowest BCUT2D eigenvalue weighted by molar-refractivity contribution is 0.300. The maximum absolute atomic E-state index is 11.3. The van der Waals surface area contributed by atoms with Crippen LogP contribution in [-0.2, 0) is 9.13 Å². The zero-order chi connectivity index (χ0) is 17.3. The summed E-state index contributed by atoms with van der Waals surface area (Å²) in [5, 5.41) is -2.75. The zero-order valence-electron chi connectivity index (χ0n) is 13.4. The molecule has 0 heterocycles. The molecular formula is C13H31NO6P2. The molecule has 6 N–H and O–H groups in total. The fraction of sp³-hybridized carbons (Fsp3) is 1.00. The Balaban J connectivity index is 3.94. The molecule has 0 bridgehead atoms. The van der Waals surface area contributed by atoms with Gasteiger partial charge >= 0.3 is 15.2 Å². The van der Waals surface area contributed by atoms with Crippen LogP contribution < -0.4 is 5.73 Å². The summed E-state index contributed by atoms with van der Waals surface area (Å²) in [6.07, 6.45) is 9.77. The summed E-state index contributed by atoms with van der Waals surface area (Å²) in [7, 11) is -10.1. The molecule has 0 radical (unpaired) electrons. The van der Waals surface area contributed by atoms with Gasteiger partial charge < -0.3 is 25.3 Å². The van der Waals surface area contributed by atoms with Crippen molar-refractivity contribution >= 4 is 15.2 Å². The van der Waals surface area contributed by atoms with Gasteiger partial charge in [-0.3, -0.25) is 9.13 Å². The van der Waals surface area contributed by atoms with E-state index in [9.17, 15) is 9.13 Å². The van der Waals surface area contributed by atoms with E-state index in [2.05, 4.69) is 6.92 Å². The average molecular weight is 359 g/mol. The number of rotatable bonds is 13. The van der Waals surface area contributed by atoms with Crippen molar-refractivity contribution in [3.63, 3.8) is 0 Å². The smallest absolute Gasteiger partial charge is 0.323 e. The monoisotopic (exact) mass is 359 g/mol. The molecule has 0 aliphatic carbocycles. The Morgan fingerprint density at radius 1 is 0.727 bits per heavy atom. The highest BCUT2D eigenvalue weighted by atomic mass is 31.2. The van der Waals surface area contributed by atoms with Gasteiger partial charge in [-0.1, -0.05) is 71.1 Å². The molecule has 22 heavy (non-hydrogen) atoms. The molecular weight excluding hydrogens is 328 g/mol. The Morgan fingerprint density at radius 2 is 1.05 bits per heavy atom. The lowest BCUT2D eigenvalue weighted by atomic mass is 10.1. The standard InChI is InChI=1S/C13H31NO6P2/c1-2-3-4-5-6-7-8-9-10-11-12-13(14,21(15,16)17)22(18,19)20/h2-12,14H2,1H3,(H2,15,16,17)(H2,18,19,20). The second kappa shape index (κ2) is 10.2. The van der Waals surface area contributed by atoms with Crippen LogP contribution in [-0.4, -0.2) is 24.6 Å². The van der Waals surface area contributed by atoms with Crippen LogP contribution in [0.4, 0.5) is 0 Å². The van der Waals surface area contributed by atoms with Crippen LogP contribution in [0.15, 0.2) is 0 Å². The van der Waals surface area contributed by atoms with Gasteiger partial charge in [0.05, 0.1) is 0 Å². The summed E-state index contributed by atoms with van der Waals surface area (Å²) in [6, 6.07) is 0. The highest BCUT2D eigenvalue weighted by Gasteiger charge is 2.56. The topological polar surface area (TPSA) is 141 Å². The SMILES string of the molecule is CCCCCCCCCCCCC(N)(P(=O)(O)O)P(=O)(O)O. The van der Waals surface area contributed by atoms with Gasteiger partial charge in [0.1, 0.15) is 0 Å². The van der Waals surface area contributed by atoms with Gasteiger partial charge in [0.25, 0.3) is 0 Å². The number of nitrogens with two attached hydrogens (primary N) is 1. The van der Waals surface area contributed by atoms with Gasteiger partial charge in [-0.25, -0.2) is 0 Å². The average Bonchev–Trinajstić information content (AvgIpc) is 2.38. The molecule has 0 aromatic carbocycles. The lowest BCUT2D eigenvalue weighted by Gasteiger charge is -2.30. The van der Waals surface area contributed by atoms with Crippen molar-refractivity contribution in [1.82, 2.24) is 0 Å². The first-order valence-corrected chi connectivity index (χ1v) is 11.2. The predicted octanol–water partition coefficient (Wildman–Crippen LogP) is 3.27. The molecule has 7 nitrogen and oxygen atoms in total. The molecule has 0 rings (SSSR count). The van der Waals surface area contributed by atoms with Crippen LogP contribution in [0, 0.1) is 0 Å². The van der Waals surface area contributed by atoms with Crippen LogP contribution in [0.1, 0.15) is 77.6 Å². The van der Waals surface area contributed by atoms with Crippen molar-refractivity contribution in [2.45, 2.75) is 82.6 Å². The molecule has 0 amide bonds. The lowest BCUT2D eigenvalue weighted by Crippen LogP contribution is -2.39. The minimum Gasteiger partial charge on any atom is -0.323 e. The molecule has 9 heteroatoms. The Bertz CT molecular complexity index is 370. The fourth-order valence-corrected chi connectivity index (χ4v) is 4.59. The normalized spacial score (nSPS) is 13.5.